The number of nitrogens with two attached hydrogens (primary N) is 2. The molecule has 0 aliphatic heterocycles. The van der Waals surface area contributed by atoms with E-state index in [1.165, 1.54) is 23.9 Å². The second kappa shape index (κ2) is 16.6. The fourth-order valence-electron chi connectivity index (χ4n) is 8.67. The van der Waals surface area contributed by atoms with Crippen LogP contribution >= 0.6 is 24.2 Å². The first-order chi connectivity index (χ1) is 23.3. The van der Waals surface area contributed by atoms with Crippen LogP contribution in [-0.2, 0) is 36.8 Å². The molecule has 0 heterocycles. The first kappa shape index (κ1) is 39.1. The van der Waals surface area contributed by atoms with Crippen LogP contribution in [0.3, 0.4) is 0 Å². The van der Waals surface area contributed by atoms with Crippen LogP contribution < -0.4 is 27.4 Å². The number of amides is 3. The third-order valence-electron chi connectivity index (χ3n) is 10.5. The molecule has 3 amide bonds. The molecule has 0 spiro atoms. The van der Waals surface area contributed by atoms with E-state index in [0.29, 0.717) is 37.9 Å². The van der Waals surface area contributed by atoms with Crippen molar-refractivity contribution in [3.63, 3.8) is 0 Å². The van der Waals surface area contributed by atoms with Crippen molar-refractivity contribution in [1.29, 1.82) is 0 Å². The van der Waals surface area contributed by atoms with Crippen LogP contribution in [-0.4, -0.2) is 81.9 Å². The van der Waals surface area contributed by atoms with Crippen LogP contribution in [0.5, 0.6) is 5.75 Å². The number of carbonyl (C=O) groups excluding carboxylic acids is 4. The first-order valence-corrected chi connectivity index (χ1v) is 18.2. The number of halogens is 1. The van der Waals surface area contributed by atoms with Crippen LogP contribution in [0.2, 0.25) is 0 Å². The van der Waals surface area contributed by atoms with Crippen molar-refractivity contribution in [2.45, 2.75) is 75.0 Å². The Morgan fingerprint density at radius 3 is 2.10 bits per heavy atom. The second-order valence-corrected chi connectivity index (χ2v) is 15.1. The molecule has 0 radical (unpaired) electrons. The minimum atomic E-state index is -1.27. The fraction of sp³-hybridized carbons (Fsp3) is 0.528. The molecule has 50 heavy (non-hydrogen) atoms. The summed E-state index contributed by atoms with van der Waals surface area (Å²) < 4.78 is 0. The standard InChI is InChI=1S/C36H47N5O7S.ClH/c1-49-12-11-27(41-32(45)26(37)14-22-7-9-25(42)10-8-22)33(46)39-20-29(43)40-28(15-21-5-3-2-4-6-21)30(44)31-35(34(47)48)16-23-13-24(17-35)19-36(31,38)18-23;/h2-10,23-24,26-28,31,42H,11-20,37-38H2,1H3,(H,39,46)(H,40,43)(H,41,45)(H,47,48);1H/t23?,24?,26-,27+,28-,31?,35?,36?;/m0./s1. The van der Waals surface area contributed by atoms with Gasteiger partial charge in [-0.2, -0.15) is 11.8 Å². The molecule has 9 N–H and O–H groups in total. The van der Waals surface area contributed by atoms with E-state index in [9.17, 15) is 34.2 Å². The number of phenols is 1. The number of Topliss-reactive ketones (excluding diaryl/α,β-unsaturated/α-hetero) is 1. The van der Waals surface area contributed by atoms with Gasteiger partial charge in [-0.1, -0.05) is 42.5 Å². The Balaban J connectivity index is 0.00000562. The summed E-state index contributed by atoms with van der Waals surface area (Å²) in [6, 6.07) is 12.5. The lowest BCUT2D eigenvalue weighted by atomic mass is 9.41. The number of hydrogen-bond donors (Lipinski definition) is 7. The Labute approximate surface area is 302 Å². The number of carbonyl (C=O) groups is 5. The summed E-state index contributed by atoms with van der Waals surface area (Å²) in [5.74, 6) is -3.11. The van der Waals surface area contributed by atoms with Crippen molar-refractivity contribution >= 4 is 53.6 Å². The quantitative estimate of drug-likeness (QED) is 0.133. The number of carboxylic acid groups (broad SMARTS) is 1. The average molecular weight is 730 g/mol. The molecule has 3 unspecified atom stereocenters. The van der Waals surface area contributed by atoms with Gasteiger partial charge in [-0.3, -0.25) is 24.0 Å². The summed E-state index contributed by atoms with van der Waals surface area (Å²) in [5, 5.41) is 28.1. The van der Waals surface area contributed by atoms with Gasteiger partial charge < -0.3 is 37.6 Å². The van der Waals surface area contributed by atoms with Crippen LogP contribution in [0.15, 0.2) is 54.6 Å². The van der Waals surface area contributed by atoms with Crippen molar-refractivity contribution in [2.24, 2.45) is 34.6 Å². The summed E-state index contributed by atoms with van der Waals surface area (Å²) in [5.41, 5.74) is 12.3. The van der Waals surface area contributed by atoms with Gasteiger partial charge in [-0.25, -0.2) is 0 Å². The summed E-state index contributed by atoms with van der Waals surface area (Å²) in [6.07, 6.45) is 5.39. The number of thioether (sulfide) groups is 1. The Hall–Kier alpha value is -3.65. The van der Waals surface area contributed by atoms with Crippen LogP contribution in [0.4, 0.5) is 0 Å². The molecule has 4 aliphatic carbocycles. The number of aliphatic carboxylic acids is 1. The molecule has 0 aromatic heterocycles. The molecule has 2 aromatic rings. The monoisotopic (exact) mass is 729 g/mol. The largest absolute Gasteiger partial charge is 0.508 e. The molecule has 2 aromatic carbocycles. The highest BCUT2D eigenvalue weighted by Crippen LogP contribution is 2.64. The van der Waals surface area contributed by atoms with Gasteiger partial charge in [0.2, 0.25) is 17.7 Å². The highest BCUT2D eigenvalue weighted by Gasteiger charge is 2.68. The highest BCUT2D eigenvalue weighted by molar-refractivity contribution is 7.98. The lowest BCUT2D eigenvalue weighted by Gasteiger charge is -2.63. The summed E-state index contributed by atoms with van der Waals surface area (Å²) in [7, 11) is 0. The molecule has 4 aliphatic rings. The van der Waals surface area contributed by atoms with Gasteiger partial charge in [0, 0.05) is 5.54 Å². The second-order valence-electron chi connectivity index (χ2n) is 14.2. The van der Waals surface area contributed by atoms with E-state index >= 15 is 0 Å². The van der Waals surface area contributed by atoms with E-state index in [4.69, 9.17) is 11.5 Å². The topological polar surface area (TPSA) is 214 Å². The Kier molecular flexibility index (Phi) is 13.0. The zero-order valence-corrected chi connectivity index (χ0v) is 29.8. The molecule has 6 rings (SSSR count). The molecule has 4 fully saturated rings. The molecule has 0 saturated heterocycles. The minimum absolute atomic E-state index is 0. The summed E-state index contributed by atoms with van der Waals surface area (Å²) >= 11 is 1.49. The molecule has 14 heteroatoms. The lowest BCUT2D eigenvalue weighted by Crippen LogP contribution is -2.72. The molecular formula is C36H48ClN5O7S. The number of phenolic OH excluding ortho intramolecular Hbond substituents is 1. The number of aromatic hydroxyl groups is 1. The van der Waals surface area contributed by atoms with Gasteiger partial charge in [0.05, 0.1) is 30.0 Å². The first-order valence-electron chi connectivity index (χ1n) is 16.8. The normalized spacial score (nSPS) is 26.5. The SMILES string of the molecule is CSCC[C@@H](NC(=O)[C@@H](N)Cc1ccc(O)cc1)C(=O)NCC(=O)N[C@@H](Cc1ccccc1)C(=O)C1C2(N)CC3CC(C2)CC1(C(=O)O)C3.Cl. The van der Waals surface area contributed by atoms with Crippen LogP contribution in [0.1, 0.15) is 49.7 Å². The molecular weight excluding hydrogens is 682 g/mol. The zero-order chi connectivity index (χ0) is 35.3. The Morgan fingerprint density at radius 2 is 1.50 bits per heavy atom. The van der Waals surface area contributed by atoms with E-state index in [1.54, 1.807) is 12.1 Å². The lowest BCUT2D eigenvalue weighted by molar-refractivity contribution is -0.185. The smallest absolute Gasteiger partial charge is 0.310 e. The number of nitrogens with one attached hydrogen (secondary N) is 3. The molecule has 4 saturated carbocycles. The van der Waals surface area contributed by atoms with Crippen molar-refractivity contribution in [3.05, 3.63) is 65.7 Å². The van der Waals surface area contributed by atoms with E-state index in [-0.39, 0.29) is 48.6 Å². The zero-order valence-electron chi connectivity index (χ0n) is 28.1. The van der Waals surface area contributed by atoms with Crippen molar-refractivity contribution in [3.8, 4) is 5.75 Å². The van der Waals surface area contributed by atoms with E-state index in [2.05, 4.69) is 16.0 Å². The maximum Gasteiger partial charge on any atom is 0.310 e. The van der Waals surface area contributed by atoms with Gasteiger partial charge in [-0.15, -0.1) is 12.4 Å². The van der Waals surface area contributed by atoms with E-state index < -0.39 is 65.2 Å². The number of hydrogen-bond acceptors (Lipinski definition) is 9. The molecule has 4 bridgehead atoms. The van der Waals surface area contributed by atoms with Gasteiger partial charge in [0.1, 0.15) is 11.8 Å². The van der Waals surface area contributed by atoms with Gasteiger partial charge in [-0.05, 0) is 98.5 Å². The number of carboxylic acids is 1. The predicted molar refractivity (Wildman–Crippen MR) is 193 cm³/mol. The fourth-order valence-corrected chi connectivity index (χ4v) is 9.14. The van der Waals surface area contributed by atoms with Gasteiger partial charge in [0.15, 0.2) is 5.78 Å². The number of rotatable bonds is 16. The molecule has 12 nitrogen and oxygen atoms in total. The summed E-state index contributed by atoms with van der Waals surface area (Å²) in [4.78, 5) is 66.9. The van der Waals surface area contributed by atoms with E-state index in [1.807, 2.05) is 36.6 Å². The third-order valence-corrected chi connectivity index (χ3v) is 11.1. The summed E-state index contributed by atoms with van der Waals surface area (Å²) in [6.45, 7) is -0.463. The maximum absolute atomic E-state index is 14.5. The Bertz CT molecular complexity index is 1530. The third kappa shape index (κ3) is 8.79. The molecule has 272 valence electrons. The molecule has 6 atom stereocenters. The maximum atomic E-state index is 14.5. The van der Waals surface area contributed by atoms with E-state index in [0.717, 1.165) is 17.5 Å². The number of ketones is 1. The Morgan fingerprint density at radius 1 is 0.880 bits per heavy atom. The predicted octanol–water partition coefficient (Wildman–Crippen LogP) is 1.94. The van der Waals surface area contributed by atoms with Crippen molar-refractivity contribution < 1.29 is 34.2 Å². The van der Waals surface area contributed by atoms with Gasteiger partial charge in [0.25, 0.3) is 0 Å². The number of benzene rings is 2. The average Bonchev–Trinajstić information content (AvgIpc) is 3.05. The van der Waals surface area contributed by atoms with Gasteiger partial charge >= 0.3 is 5.97 Å². The van der Waals surface area contributed by atoms with Crippen LogP contribution in [0.25, 0.3) is 0 Å². The van der Waals surface area contributed by atoms with Crippen LogP contribution in [0, 0.1) is 23.2 Å². The minimum Gasteiger partial charge on any atom is -0.508 e. The highest BCUT2D eigenvalue weighted by atomic mass is 35.5. The van der Waals surface area contributed by atoms with Crippen molar-refractivity contribution in [1.82, 2.24) is 16.0 Å². The van der Waals surface area contributed by atoms with Crippen molar-refractivity contribution in [2.75, 3.05) is 18.6 Å².